The van der Waals surface area contributed by atoms with Crippen molar-refractivity contribution in [3.05, 3.63) is 47.8 Å². The highest BCUT2D eigenvalue weighted by molar-refractivity contribution is 5.81. The Bertz CT molecular complexity index is 871. The summed E-state index contributed by atoms with van der Waals surface area (Å²) in [6, 6.07) is 8.21. The van der Waals surface area contributed by atoms with E-state index in [1.807, 2.05) is 37.6 Å². The molecule has 2 N–H and O–H groups in total. The second kappa shape index (κ2) is 6.92. The van der Waals surface area contributed by atoms with Crippen molar-refractivity contribution in [1.29, 1.82) is 0 Å². The Kier molecular flexibility index (Phi) is 4.38. The molecular formula is C22H28N4O2. The summed E-state index contributed by atoms with van der Waals surface area (Å²) in [7, 11) is 1.92. The van der Waals surface area contributed by atoms with Crippen LogP contribution in [0.3, 0.4) is 0 Å². The van der Waals surface area contributed by atoms with Crippen molar-refractivity contribution in [3.63, 3.8) is 0 Å². The first kappa shape index (κ1) is 17.7. The fourth-order valence-corrected chi connectivity index (χ4v) is 5.29. The maximum Gasteiger partial charge on any atom is 0.225 e. The van der Waals surface area contributed by atoms with Gasteiger partial charge in [-0.15, -0.1) is 0 Å². The van der Waals surface area contributed by atoms with Crippen LogP contribution in [-0.2, 0) is 11.8 Å². The van der Waals surface area contributed by atoms with Gasteiger partial charge in [-0.25, -0.2) is 0 Å². The molecule has 1 aliphatic carbocycles. The minimum Gasteiger partial charge on any atom is -0.487 e. The van der Waals surface area contributed by atoms with Gasteiger partial charge in [0.15, 0.2) is 0 Å². The molecule has 5 rings (SSSR count). The normalized spacial score (nSPS) is 28.1. The zero-order chi connectivity index (χ0) is 19.1. The zero-order valence-corrected chi connectivity index (χ0v) is 16.4. The van der Waals surface area contributed by atoms with Gasteiger partial charge in [0.1, 0.15) is 11.4 Å². The molecule has 1 unspecified atom stereocenters. The molecule has 148 valence electrons. The number of carbonyl (C=O) groups is 1. The largest absolute Gasteiger partial charge is 0.487 e. The van der Waals surface area contributed by atoms with Crippen LogP contribution in [0.25, 0.3) is 0 Å². The van der Waals surface area contributed by atoms with E-state index in [-0.39, 0.29) is 29.4 Å². The first-order valence-corrected chi connectivity index (χ1v) is 10.4. The molecule has 3 heterocycles. The van der Waals surface area contributed by atoms with E-state index in [0.717, 1.165) is 42.7 Å². The van der Waals surface area contributed by atoms with Crippen LogP contribution in [0.5, 0.6) is 5.75 Å². The molecule has 0 bridgehead atoms. The maximum atomic E-state index is 13.3. The molecule has 3 atom stereocenters. The monoisotopic (exact) mass is 380 g/mol. The summed E-state index contributed by atoms with van der Waals surface area (Å²) in [4.78, 5) is 13.3. The number of hydrogen-bond donors (Lipinski definition) is 2. The molecule has 2 fully saturated rings. The highest BCUT2D eigenvalue weighted by atomic mass is 16.5. The Morgan fingerprint density at radius 1 is 1.29 bits per heavy atom. The fraction of sp³-hybridized carbons (Fsp3) is 0.545. The molecule has 1 amide bonds. The van der Waals surface area contributed by atoms with Crippen molar-refractivity contribution in [2.24, 2.45) is 13.0 Å². The van der Waals surface area contributed by atoms with Crippen LogP contribution >= 0.6 is 0 Å². The number of para-hydroxylation sites is 1. The molecule has 2 aromatic rings. The molecule has 28 heavy (non-hydrogen) atoms. The second-order valence-corrected chi connectivity index (χ2v) is 8.61. The van der Waals surface area contributed by atoms with Crippen LogP contribution in [0.15, 0.2) is 36.7 Å². The topological polar surface area (TPSA) is 68.2 Å². The van der Waals surface area contributed by atoms with E-state index in [9.17, 15) is 4.79 Å². The summed E-state index contributed by atoms with van der Waals surface area (Å²) in [6.45, 7) is 1.53. The molecule has 3 aliphatic rings. The van der Waals surface area contributed by atoms with Gasteiger partial charge in [0.05, 0.1) is 18.2 Å². The summed E-state index contributed by atoms with van der Waals surface area (Å²) >= 11 is 0. The van der Waals surface area contributed by atoms with E-state index < -0.39 is 0 Å². The Balaban J connectivity index is 1.38. The van der Waals surface area contributed by atoms with Crippen LogP contribution in [0.2, 0.25) is 0 Å². The minimum atomic E-state index is -0.108. The number of fused-ring (bicyclic) bond motifs is 1. The van der Waals surface area contributed by atoms with Crippen molar-refractivity contribution in [2.75, 3.05) is 13.1 Å². The number of amides is 1. The smallest absolute Gasteiger partial charge is 0.225 e. The van der Waals surface area contributed by atoms with Crippen LogP contribution in [0, 0.1) is 5.92 Å². The first-order chi connectivity index (χ1) is 13.6. The standard InChI is InChI=1S/C22H28N4O2/c1-26-14-15(11-24-26)17-12-23-13-18(17)21(27)25-19-10-22(8-4-5-9-22)28-20-7-3-2-6-16(19)20/h2-3,6-7,11,14,17-19,23H,4-5,8-10,12-13H2,1H3,(H,25,27)/t17-,18+,19?/m1/s1. The predicted octanol–water partition coefficient (Wildman–Crippen LogP) is 2.68. The van der Waals surface area contributed by atoms with Gasteiger partial charge in [-0.3, -0.25) is 9.48 Å². The van der Waals surface area contributed by atoms with E-state index in [1.165, 1.54) is 12.8 Å². The third-order valence-corrected chi connectivity index (χ3v) is 6.73. The first-order valence-electron chi connectivity index (χ1n) is 10.4. The number of carbonyl (C=O) groups excluding carboxylic acids is 1. The third kappa shape index (κ3) is 3.09. The number of nitrogens with zero attached hydrogens (tertiary/aromatic N) is 2. The molecule has 6 heteroatoms. The molecule has 1 aromatic carbocycles. The van der Waals surface area contributed by atoms with Gasteiger partial charge in [0.25, 0.3) is 0 Å². The molecule has 0 radical (unpaired) electrons. The third-order valence-electron chi connectivity index (χ3n) is 6.73. The zero-order valence-electron chi connectivity index (χ0n) is 16.4. The molecule has 1 saturated heterocycles. The molecule has 2 aliphatic heterocycles. The Labute approximate surface area is 165 Å². The average molecular weight is 380 g/mol. The summed E-state index contributed by atoms with van der Waals surface area (Å²) < 4.78 is 8.24. The number of aryl methyl sites for hydroxylation is 1. The summed E-state index contributed by atoms with van der Waals surface area (Å²) in [5.74, 6) is 1.17. The lowest BCUT2D eigenvalue weighted by molar-refractivity contribution is -0.126. The van der Waals surface area contributed by atoms with Gasteiger partial charge in [-0.2, -0.15) is 5.10 Å². The Morgan fingerprint density at radius 2 is 2.11 bits per heavy atom. The van der Waals surface area contributed by atoms with E-state index >= 15 is 0 Å². The van der Waals surface area contributed by atoms with Gasteiger partial charge in [0.2, 0.25) is 5.91 Å². The van der Waals surface area contributed by atoms with E-state index in [2.05, 4.69) is 21.8 Å². The van der Waals surface area contributed by atoms with E-state index in [0.29, 0.717) is 6.54 Å². The SMILES string of the molecule is Cn1cc([C@H]2CNC[C@@H]2C(=O)NC2CC3(CCCC3)Oc3ccccc32)cn1. The highest BCUT2D eigenvalue weighted by Gasteiger charge is 2.44. The van der Waals surface area contributed by atoms with Crippen molar-refractivity contribution >= 4 is 5.91 Å². The minimum absolute atomic E-state index is 0.0192. The van der Waals surface area contributed by atoms with Gasteiger partial charge in [0, 0.05) is 44.2 Å². The molecular weight excluding hydrogens is 352 g/mol. The quantitative estimate of drug-likeness (QED) is 0.859. The van der Waals surface area contributed by atoms with Crippen LogP contribution in [0.4, 0.5) is 0 Å². The summed E-state index contributed by atoms with van der Waals surface area (Å²) in [5.41, 5.74) is 2.13. The van der Waals surface area contributed by atoms with E-state index in [1.54, 1.807) is 4.68 Å². The van der Waals surface area contributed by atoms with Gasteiger partial charge in [-0.1, -0.05) is 18.2 Å². The Morgan fingerprint density at radius 3 is 2.89 bits per heavy atom. The predicted molar refractivity (Wildman–Crippen MR) is 106 cm³/mol. The van der Waals surface area contributed by atoms with Crippen LogP contribution in [-0.4, -0.2) is 34.4 Å². The number of rotatable bonds is 3. The lowest BCUT2D eigenvalue weighted by Gasteiger charge is -2.40. The fourth-order valence-electron chi connectivity index (χ4n) is 5.29. The van der Waals surface area contributed by atoms with Crippen molar-refractivity contribution < 1.29 is 9.53 Å². The van der Waals surface area contributed by atoms with Crippen molar-refractivity contribution in [2.45, 2.75) is 49.7 Å². The van der Waals surface area contributed by atoms with Crippen LogP contribution in [0.1, 0.15) is 55.2 Å². The van der Waals surface area contributed by atoms with Crippen molar-refractivity contribution in [3.8, 4) is 5.75 Å². The van der Waals surface area contributed by atoms with E-state index in [4.69, 9.17) is 4.74 Å². The second-order valence-electron chi connectivity index (χ2n) is 8.61. The number of nitrogens with one attached hydrogen (secondary N) is 2. The van der Waals surface area contributed by atoms with Crippen LogP contribution < -0.4 is 15.4 Å². The van der Waals surface area contributed by atoms with Gasteiger partial charge in [-0.05, 0) is 37.3 Å². The average Bonchev–Trinajstić information content (AvgIpc) is 3.42. The molecule has 1 saturated carbocycles. The molecule has 1 aromatic heterocycles. The lowest BCUT2D eigenvalue weighted by atomic mass is 9.84. The summed E-state index contributed by atoms with van der Waals surface area (Å²) in [5, 5.41) is 11.1. The molecule has 6 nitrogen and oxygen atoms in total. The summed E-state index contributed by atoms with van der Waals surface area (Å²) in [6.07, 6.45) is 9.35. The molecule has 1 spiro atoms. The van der Waals surface area contributed by atoms with Gasteiger partial charge < -0.3 is 15.4 Å². The van der Waals surface area contributed by atoms with Gasteiger partial charge >= 0.3 is 0 Å². The maximum absolute atomic E-state index is 13.3. The Hall–Kier alpha value is -2.34. The lowest BCUT2D eigenvalue weighted by Crippen LogP contribution is -2.45. The number of hydrogen-bond acceptors (Lipinski definition) is 4. The number of ether oxygens (including phenoxy) is 1. The number of aromatic nitrogens is 2. The number of benzene rings is 1. The van der Waals surface area contributed by atoms with Crippen molar-refractivity contribution in [1.82, 2.24) is 20.4 Å². The highest BCUT2D eigenvalue weighted by Crippen LogP contribution is 2.47.